The Bertz CT molecular complexity index is 721. The molecule has 5 heteroatoms. The molecule has 2 heterocycles. The average Bonchev–Trinajstić information content (AvgIpc) is 3.15. The monoisotopic (exact) mass is 326 g/mol. The number of benzene rings is 1. The Morgan fingerprint density at radius 2 is 2.08 bits per heavy atom. The standard InChI is InChI=1S/C19H22N2O3/c1-11-16(12(2)24-21-11)19(22)20-17-14-8-9-23-18(14)15(17)10-13-6-4-3-5-7-13/h3-7,14-15,17-18H,8-10H2,1-2H3,(H,20,22)/t14-,15+,17-,18-/m0/s1. The molecule has 2 fully saturated rings. The molecule has 24 heavy (non-hydrogen) atoms. The number of aryl methyl sites for hydroxylation is 2. The van der Waals surface area contributed by atoms with Gasteiger partial charge in [0.15, 0.2) is 0 Å². The summed E-state index contributed by atoms with van der Waals surface area (Å²) in [5, 5.41) is 7.10. The van der Waals surface area contributed by atoms with Gasteiger partial charge in [0.05, 0.1) is 11.8 Å². The van der Waals surface area contributed by atoms with Crippen molar-refractivity contribution < 1.29 is 14.1 Å². The first-order valence-electron chi connectivity index (χ1n) is 8.54. The molecule has 1 amide bonds. The third kappa shape index (κ3) is 2.53. The number of hydrogen-bond acceptors (Lipinski definition) is 4. The fourth-order valence-electron chi connectivity index (χ4n) is 4.20. The zero-order valence-corrected chi connectivity index (χ0v) is 14.0. The van der Waals surface area contributed by atoms with Gasteiger partial charge in [0.1, 0.15) is 11.3 Å². The second-order valence-corrected chi connectivity index (χ2v) is 6.84. The van der Waals surface area contributed by atoms with E-state index in [4.69, 9.17) is 9.26 Å². The summed E-state index contributed by atoms with van der Waals surface area (Å²) in [5.74, 6) is 1.23. The van der Waals surface area contributed by atoms with Gasteiger partial charge in [-0.25, -0.2) is 0 Å². The predicted molar refractivity (Wildman–Crippen MR) is 88.7 cm³/mol. The van der Waals surface area contributed by atoms with Crippen molar-refractivity contribution in [3.8, 4) is 0 Å². The molecule has 1 saturated heterocycles. The Kier molecular flexibility index (Phi) is 3.88. The molecule has 126 valence electrons. The van der Waals surface area contributed by atoms with Gasteiger partial charge in [0.2, 0.25) is 0 Å². The Hall–Kier alpha value is -2.14. The Labute approximate surface area is 141 Å². The lowest BCUT2D eigenvalue weighted by Gasteiger charge is -2.48. The number of hydrogen-bond donors (Lipinski definition) is 1. The van der Waals surface area contributed by atoms with Crippen LogP contribution >= 0.6 is 0 Å². The summed E-state index contributed by atoms with van der Waals surface area (Å²) in [5.41, 5.74) is 2.49. The van der Waals surface area contributed by atoms with Crippen LogP contribution in [0.15, 0.2) is 34.9 Å². The lowest BCUT2D eigenvalue weighted by molar-refractivity contribution is -0.0528. The molecular weight excluding hydrogens is 304 g/mol. The molecule has 0 radical (unpaired) electrons. The second kappa shape index (κ2) is 6.06. The van der Waals surface area contributed by atoms with Crippen LogP contribution in [-0.2, 0) is 11.2 Å². The minimum Gasteiger partial charge on any atom is -0.377 e. The normalized spacial score (nSPS) is 28.2. The maximum Gasteiger partial charge on any atom is 0.257 e. The van der Waals surface area contributed by atoms with E-state index in [1.807, 2.05) is 6.07 Å². The summed E-state index contributed by atoms with van der Waals surface area (Å²) in [6.07, 6.45) is 2.21. The van der Waals surface area contributed by atoms with Gasteiger partial charge in [-0.1, -0.05) is 35.5 Å². The Balaban J connectivity index is 1.51. The Morgan fingerprint density at radius 1 is 1.29 bits per heavy atom. The van der Waals surface area contributed by atoms with E-state index in [1.54, 1.807) is 13.8 Å². The number of aromatic nitrogens is 1. The van der Waals surface area contributed by atoms with Crippen molar-refractivity contribution in [2.75, 3.05) is 6.61 Å². The number of fused-ring (bicyclic) bond motifs is 1. The van der Waals surface area contributed by atoms with Gasteiger partial charge in [0.25, 0.3) is 5.91 Å². The summed E-state index contributed by atoms with van der Waals surface area (Å²) in [6, 6.07) is 10.6. The number of amides is 1. The highest BCUT2D eigenvalue weighted by Crippen LogP contribution is 2.45. The van der Waals surface area contributed by atoms with Crippen LogP contribution < -0.4 is 5.32 Å². The molecule has 0 spiro atoms. The molecule has 4 rings (SSSR count). The van der Waals surface area contributed by atoms with Crippen molar-refractivity contribution in [1.82, 2.24) is 10.5 Å². The van der Waals surface area contributed by atoms with Crippen molar-refractivity contribution in [2.45, 2.75) is 38.8 Å². The summed E-state index contributed by atoms with van der Waals surface area (Å²) in [4.78, 5) is 12.7. The molecule has 2 aromatic rings. The van der Waals surface area contributed by atoms with Gasteiger partial charge in [-0.2, -0.15) is 0 Å². The minimum atomic E-state index is -0.0836. The van der Waals surface area contributed by atoms with Gasteiger partial charge < -0.3 is 14.6 Å². The quantitative estimate of drug-likeness (QED) is 0.938. The smallest absolute Gasteiger partial charge is 0.257 e. The van der Waals surface area contributed by atoms with Crippen LogP contribution in [0.5, 0.6) is 0 Å². The third-order valence-corrected chi connectivity index (χ3v) is 5.40. The number of ether oxygens (including phenoxy) is 1. The van der Waals surface area contributed by atoms with Gasteiger partial charge in [0, 0.05) is 24.5 Å². The molecule has 1 aromatic heterocycles. The molecule has 1 aliphatic carbocycles. The molecule has 5 nitrogen and oxygen atoms in total. The van der Waals surface area contributed by atoms with E-state index >= 15 is 0 Å². The molecule has 4 atom stereocenters. The maximum absolute atomic E-state index is 12.7. The van der Waals surface area contributed by atoms with Crippen LogP contribution in [0.1, 0.15) is 33.8 Å². The van der Waals surface area contributed by atoms with E-state index in [-0.39, 0.29) is 18.1 Å². The van der Waals surface area contributed by atoms with E-state index < -0.39 is 0 Å². The topological polar surface area (TPSA) is 64.4 Å². The minimum absolute atomic E-state index is 0.0836. The maximum atomic E-state index is 12.7. The third-order valence-electron chi connectivity index (χ3n) is 5.40. The SMILES string of the molecule is Cc1noc(C)c1C(=O)N[C@@H]1[C@@H](Cc2ccccc2)[C@H]2OCC[C@@H]12. The lowest BCUT2D eigenvalue weighted by Crippen LogP contribution is -2.62. The molecule has 2 aliphatic rings. The van der Waals surface area contributed by atoms with Crippen molar-refractivity contribution >= 4 is 5.91 Å². The Morgan fingerprint density at radius 3 is 2.79 bits per heavy atom. The highest BCUT2D eigenvalue weighted by molar-refractivity contribution is 5.96. The van der Waals surface area contributed by atoms with Gasteiger partial charge in [-0.3, -0.25) is 4.79 Å². The molecule has 1 aliphatic heterocycles. The van der Waals surface area contributed by atoms with E-state index in [2.05, 4.69) is 34.7 Å². The van der Waals surface area contributed by atoms with Crippen LogP contribution in [-0.4, -0.2) is 29.8 Å². The van der Waals surface area contributed by atoms with Crippen LogP contribution in [0.3, 0.4) is 0 Å². The van der Waals surface area contributed by atoms with Crippen molar-refractivity contribution in [3.05, 3.63) is 52.9 Å². The van der Waals surface area contributed by atoms with E-state index in [9.17, 15) is 4.79 Å². The zero-order chi connectivity index (χ0) is 16.7. The number of nitrogens with one attached hydrogen (secondary N) is 1. The first kappa shape index (κ1) is 15.4. The number of carbonyl (C=O) groups excluding carboxylic acids is 1. The summed E-state index contributed by atoms with van der Waals surface area (Å²) >= 11 is 0. The second-order valence-electron chi connectivity index (χ2n) is 6.84. The zero-order valence-electron chi connectivity index (χ0n) is 14.0. The predicted octanol–water partition coefficient (Wildman–Crippen LogP) is 2.67. The number of carbonyl (C=O) groups is 1. The highest BCUT2D eigenvalue weighted by Gasteiger charge is 2.54. The van der Waals surface area contributed by atoms with Crippen LogP contribution in [0.25, 0.3) is 0 Å². The van der Waals surface area contributed by atoms with Crippen LogP contribution in [0.2, 0.25) is 0 Å². The summed E-state index contributed by atoms with van der Waals surface area (Å²) in [7, 11) is 0. The van der Waals surface area contributed by atoms with Gasteiger partial charge in [-0.15, -0.1) is 0 Å². The van der Waals surface area contributed by atoms with Crippen LogP contribution in [0, 0.1) is 25.7 Å². The molecule has 0 bridgehead atoms. The fourth-order valence-corrected chi connectivity index (χ4v) is 4.20. The lowest BCUT2D eigenvalue weighted by atomic mass is 9.64. The first-order chi connectivity index (χ1) is 11.6. The summed E-state index contributed by atoms with van der Waals surface area (Å²) in [6.45, 7) is 4.37. The van der Waals surface area contributed by atoms with Gasteiger partial charge in [-0.05, 0) is 32.3 Å². The number of nitrogens with zero attached hydrogens (tertiary/aromatic N) is 1. The number of rotatable bonds is 4. The molecular formula is C19H22N2O3. The van der Waals surface area contributed by atoms with Crippen molar-refractivity contribution in [2.24, 2.45) is 11.8 Å². The average molecular weight is 326 g/mol. The van der Waals surface area contributed by atoms with Gasteiger partial charge >= 0.3 is 0 Å². The highest BCUT2D eigenvalue weighted by atomic mass is 16.5. The van der Waals surface area contributed by atoms with E-state index in [0.717, 1.165) is 19.4 Å². The molecule has 1 saturated carbocycles. The molecule has 1 N–H and O–H groups in total. The molecule has 0 unspecified atom stereocenters. The van der Waals surface area contributed by atoms with Crippen molar-refractivity contribution in [3.63, 3.8) is 0 Å². The first-order valence-corrected chi connectivity index (χ1v) is 8.54. The van der Waals surface area contributed by atoms with E-state index in [0.29, 0.717) is 28.9 Å². The molecule has 1 aromatic carbocycles. The summed E-state index contributed by atoms with van der Waals surface area (Å²) < 4.78 is 11.0. The largest absolute Gasteiger partial charge is 0.377 e. The van der Waals surface area contributed by atoms with E-state index in [1.165, 1.54) is 5.56 Å². The van der Waals surface area contributed by atoms with Crippen LogP contribution in [0.4, 0.5) is 0 Å². The van der Waals surface area contributed by atoms with Crippen molar-refractivity contribution in [1.29, 1.82) is 0 Å². The fraction of sp³-hybridized carbons (Fsp3) is 0.474.